The first-order valence-electron chi connectivity index (χ1n) is 7.83. The third-order valence-corrected chi connectivity index (χ3v) is 4.69. The summed E-state index contributed by atoms with van der Waals surface area (Å²) in [6.07, 6.45) is 2.49. The molecule has 0 spiro atoms. The summed E-state index contributed by atoms with van der Waals surface area (Å²) in [6, 6.07) is 8.36. The quantitative estimate of drug-likeness (QED) is 0.748. The van der Waals surface area contributed by atoms with Crippen molar-refractivity contribution in [3.05, 3.63) is 35.4 Å². The van der Waals surface area contributed by atoms with E-state index in [2.05, 4.69) is 30.4 Å². The van der Waals surface area contributed by atoms with Crippen molar-refractivity contribution in [3.8, 4) is 0 Å². The fourth-order valence-electron chi connectivity index (χ4n) is 2.55. The lowest BCUT2D eigenvalue weighted by Crippen LogP contribution is -2.31. The molecule has 4 nitrogen and oxygen atoms in total. The molecule has 0 unspecified atom stereocenters. The average Bonchev–Trinajstić information content (AvgIpc) is 2.89. The molecular formula is C17H24N2O2S. The van der Waals surface area contributed by atoms with E-state index in [1.807, 2.05) is 11.0 Å². The highest BCUT2D eigenvalue weighted by atomic mass is 32.2. The van der Waals surface area contributed by atoms with Crippen LogP contribution in [0.15, 0.2) is 24.3 Å². The lowest BCUT2D eigenvalue weighted by molar-refractivity contribution is -0.127. The molecule has 1 N–H and O–H groups in total. The Morgan fingerprint density at radius 3 is 3.00 bits per heavy atom. The van der Waals surface area contributed by atoms with Crippen LogP contribution in [0.2, 0.25) is 0 Å². The van der Waals surface area contributed by atoms with Crippen molar-refractivity contribution in [2.45, 2.75) is 31.9 Å². The molecule has 2 amide bonds. The largest absolute Gasteiger partial charge is 0.355 e. The second-order valence-electron chi connectivity index (χ2n) is 5.67. The van der Waals surface area contributed by atoms with Gasteiger partial charge in [-0.05, 0) is 25.3 Å². The van der Waals surface area contributed by atoms with E-state index in [-0.39, 0.29) is 11.8 Å². The average molecular weight is 320 g/mol. The molecule has 1 saturated heterocycles. The highest BCUT2D eigenvalue weighted by molar-refractivity contribution is 7.99. The number of carbonyl (C=O) groups excluding carboxylic acids is 2. The highest BCUT2D eigenvalue weighted by Crippen LogP contribution is 2.13. The zero-order valence-corrected chi connectivity index (χ0v) is 14.0. The van der Waals surface area contributed by atoms with Gasteiger partial charge in [0, 0.05) is 31.8 Å². The number of amides is 2. The number of hydrogen-bond donors (Lipinski definition) is 1. The molecule has 1 aliphatic rings. The summed E-state index contributed by atoms with van der Waals surface area (Å²) in [5.74, 6) is 1.67. The van der Waals surface area contributed by atoms with Gasteiger partial charge in [0.15, 0.2) is 0 Å². The number of nitrogens with one attached hydrogen (secondary N) is 1. The first-order chi connectivity index (χ1) is 10.6. The van der Waals surface area contributed by atoms with E-state index < -0.39 is 0 Å². The fraction of sp³-hybridized carbons (Fsp3) is 0.529. The van der Waals surface area contributed by atoms with Gasteiger partial charge in [0.1, 0.15) is 0 Å². The van der Waals surface area contributed by atoms with E-state index >= 15 is 0 Å². The van der Waals surface area contributed by atoms with Crippen molar-refractivity contribution >= 4 is 23.6 Å². The first-order valence-corrected chi connectivity index (χ1v) is 8.98. The van der Waals surface area contributed by atoms with Crippen LogP contribution in [0.3, 0.4) is 0 Å². The molecule has 0 aliphatic carbocycles. The smallest absolute Gasteiger partial charge is 0.230 e. The maximum Gasteiger partial charge on any atom is 0.230 e. The Bertz CT molecular complexity index is 519. The van der Waals surface area contributed by atoms with Gasteiger partial charge in [0.05, 0.1) is 5.75 Å². The normalized spacial score (nSPS) is 14.4. The first kappa shape index (κ1) is 16.9. The van der Waals surface area contributed by atoms with Gasteiger partial charge in [0.2, 0.25) is 11.8 Å². The molecule has 1 aromatic rings. The molecule has 0 bridgehead atoms. The Kier molecular flexibility index (Phi) is 6.77. The lowest BCUT2D eigenvalue weighted by atomic mass is 10.2. The van der Waals surface area contributed by atoms with Gasteiger partial charge >= 0.3 is 0 Å². The summed E-state index contributed by atoms with van der Waals surface area (Å²) in [7, 11) is 0. The molecule has 1 heterocycles. The van der Waals surface area contributed by atoms with Crippen molar-refractivity contribution in [1.82, 2.24) is 10.2 Å². The highest BCUT2D eigenvalue weighted by Gasteiger charge is 2.18. The number of likely N-dealkylation sites (tertiary alicyclic amines) is 1. The van der Waals surface area contributed by atoms with Crippen LogP contribution in [0.4, 0.5) is 0 Å². The van der Waals surface area contributed by atoms with Crippen LogP contribution < -0.4 is 5.32 Å². The van der Waals surface area contributed by atoms with Gasteiger partial charge in [0.25, 0.3) is 0 Å². The maximum atomic E-state index is 11.7. The second-order valence-corrected chi connectivity index (χ2v) is 6.66. The van der Waals surface area contributed by atoms with E-state index in [0.717, 1.165) is 31.7 Å². The summed E-state index contributed by atoms with van der Waals surface area (Å²) in [5.41, 5.74) is 2.50. The zero-order chi connectivity index (χ0) is 15.8. The number of hydrogen-bond acceptors (Lipinski definition) is 3. The Morgan fingerprint density at radius 2 is 2.27 bits per heavy atom. The van der Waals surface area contributed by atoms with Crippen molar-refractivity contribution in [2.24, 2.45) is 0 Å². The van der Waals surface area contributed by atoms with Crippen molar-refractivity contribution < 1.29 is 9.59 Å². The van der Waals surface area contributed by atoms with E-state index in [0.29, 0.717) is 18.7 Å². The number of carbonyl (C=O) groups is 2. The maximum absolute atomic E-state index is 11.7. The number of nitrogens with zero attached hydrogens (tertiary/aromatic N) is 1. The van der Waals surface area contributed by atoms with Gasteiger partial charge in [-0.1, -0.05) is 29.8 Å². The number of benzene rings is 1. The Balaban J connectivity index is 1.53. The molecule has 1 aromatic carbocycles. The molecule has 5 heteroatoms. The molecular weight excluding hydrogens is 296 g/mol. The fourth-order valence-corrected chi connectivity index (χ4v) is 3.36. The SMILES string of the molecule is Cc1cccc(CSCC(=O)NCCCN2CCCC2=O)c1. The third kappa shape index (κ3) is 5.72. The van der Waals surface area contributed by atoms with Gasteiger partial charge in [-0.3, -0.25) is 9.59 Å². The minimum Gasteiger partial charge on any atom is -0.355 e. The van der Waals surface area contributed by atoms with Crippen molar-refractivity contribution in [1.29, 1.82) is 0 Å². The number of aryl methyl sites for hydroxylation is 1. The molecule has 0 aromatic heterocycles. The minimum atomic E-state index is 0.0744. The Hall–Kier alpha value is -1.49. The van der Waals surface area contributed by atoms with Gasteiger partial charge < -0.3 is 10.2 Å². The summed E-state index contributed by atoms with van der Waals surface area (Å²) in [5, 5.41) is 2.92. The van der Waals surface area contributed by atoms with Gasteiger partial charge in [-0.2, -0.15) is 0 Å². The number of thioether (sulfide) groups is 1. The topological polar surface area (TPSA) is 49.4 Å². The summed E-state index contributed by atoms with van der Waals surface area (Å²) in [4.78, 5) is 25.1. The molecule has 0 atom stereocenters. The van der Waals surface area contributed by atoms with Gasteiger partial charge in [-0.15, -0.1) is 11.8 Å². The molecule has 1 aliphatic heterocycles. The standard InChI is InChI=1S/C17H24N2O2S/c1-14-5-2-6-15(11-14)12-22-13-16(20)18-8-4-10-19-9-3-7-17(19)21/h2,5-6,11H,3-4,7-10,12-13H2,1H3,(H,18,20). The van der Waals surface area contributed by atoms with E-state index in [4.69, 9.17) is 0 Å². The summed E-state index contributed by atoms with van der Waals surface area (Å²) in [6.45, 7) is 4.36. The molecule has 120 valence electrons. The van der Waals surface area contributed by atoms with Crippen LogP contribution in [-0.4, -0.2) is 42.1 Å². The van der Waals surface area contributed by atoms with Crippen LogP contribution in [0, 0.1) is 6.92 Å². The van der Waals surface area contributed by atoms with E-state index in [1.54, 1.807) is 11.8 Å². The van der Waals surface area contributed by atoms with Crippen LogP contribution >= 0.6 is 11.8 Å². The lowest BCUT2D eigenvalue weighted by Gasteiger charge is -2.15. The van der Waals surface area contributed by atoms with Gasteiger partial charge in [-0.25, -0.2) is 0 Å². The van der Waals surface area contributed by atoms with Crippen LogP contribution in [0.1, 0.15) is 30.4 Å². The monoisotopic (exact) mass is 320 g/mol. The summed E-state index contributed by atoms with van der Waals surface area (Å²) < 4.78 is 0. The van der Waals surface area contributed by atoms with Crippen molar-refractivity contribution in [2.75, 3.05) is 25.4 Å². The Morgan fingerprint density at radius 1 is 1.41 bits per heavy atom. The third-order valence-electron chi connectivity index (χ3n) is 3.68. The summed E-state index contributed by atoms with van der Waals surface area (Å²) >= 11 is 1.63. The van der Waals surface area contributed by atoms with E-state index in [1.165, 1.54) is 11.1 Å². The predicted molar refractivity (Wildman–Crippen MR) is 90.8 cm³/mol. The number of rotatable bonds is 8. The Labute approximate surface area is 136 Å². The molecule has 22 heavy (non-hydrogen) atoms. The molecule has 2 rings (SSSR count). The van der Waals surface area contributed by atoms with Crippen molar-refractivity contribution in [3.63, 3.8) is 0 Å². The van der Waals surface area contributed by atoms with Crippen LogP contribution in [0.25, 0.3) is 0 Å². The zero-order valence-electron chi connectivity index (χ0n) is 13.1. The molecule has 0 saturated carbocycles. The predicted octanol–water partition coefficient (Wildman–Crippen LogP) is 2.36. The van der Waals surface area contributed by atoms with Crippen LogP contribution in [-0.2, 0) is 15.3 Å². The van der Waals surface area contributed by atoms with E-state index in [9.17, 15) is 9.59 Å². The molecule has 1 fully saturated rings. The van der Waals surface area contributed by atoms with Crippen LogP contribution in [0.5, 0.6) is 0 Å². The molecule has 0 radical (unpaired) electrons. The second kappa shape index (κ2) is 8.83. The minimum absolute atomic E-state index is 0.0744.